The maximum atomic E-state index is 13.8. The van der Waals surface area contributed by atoms with Crippen LogP contribution in [0.25, 0.3) is 10.9 Å². The first-order chi connectivity index (χ1) is 28.3. The Hall–Kier alpha value is -5.49. The van der Waals surface area contributed by atoms with E-state index in [0.29, 0.717) is 66.8 Å². The number of ether oxygens (including phenoxy) is 2. The molecule has 58 heavy (non-hydrogen) atoms. The fourth-order valence-electron chi connectivity index (χ4n) is 8.24. The van der Waals surface area contributed by atoms with Gasteiger partial charge in [0.15, 0.2) is 6.61 Å². The van der Waals surface area contributed by atoms with E-state index in [1.54, 1.807) is 12.1 Å². The topological polar surface area (TPSA) is 144 Å². The average Bonchev–Trinajstić information content (AvgIpc) is 3.25. The number of aromatic hydroxyl groups is 1. The second-order valence-corrected chi connectivity index (χ2v) is 15.7. The predicted molar refractivity (Wildman–Crippen MR) is 224 cm³/mol. The number of phenols is 1. The van der Waals surface area contributed by atoms with E-state index in [1.165, 1.54) is 17.7 Å². The highest BCUT2D eigenvalue weighted by Gasteiger charge is 2.28. The molecule has 2 aliphatic rings. The standard InChI is InChI=1S/C47H54N4O7/c52-41-16-14-39(40-15-17-43(54)49-46(40)41)42(53)29-48-23-18-33-21-26-51(27-22-33)44(55)32-57-38-13-7-12-37(28-38)45(36-10-5-2-6-11-36)47(56)58-31-35-19-24-50(25-20-35)30-34-8-3-1-4-9-34/h1-17,28,33,35,42,45,48,52-53H,18-27,29-32H2,(H,49,54)/t42-,45?/m0/s1. The lowest BCUT2D eigenvalue weighted by molar-refractivity contribution is -0.146. The van der Waals surface area contributed by atoms with Gasteiger partial charge in [-0.2, -0.15) is 0 Å². The van der Waals surface area contributed by atoms with Crippen molar-refractivity contribution in [3.63, 3.8) is 0 Å². The molecule has 304 valence electrons. The van der Waals surface area contributed by atoms with E-state index in [9.17, 15) is 24.6 Å². The number of hydrogen-bond donors (Lipinski definition) is 4. The molecular formula is C47H54N4O7. The van der Waals surface area contributed by atoms with Gasteiger partial charge in [-0.15, -0.1) is 0 Å². The van der Waals surface area contributed by atoms with Gasteiger partial charge in [0, 0.05) is 37.6 Å². The lowest BCUT2D eigenvalue weighted by Gasteiger charge is -2.32. The van der Waals surface area contributed by atoms with Crippen LogP contribution in [0.4, 0.5) is 0 Å². The number of likely N-dealkylation sites (tertiary alicyclic amines) is 2. The van der Waals surface area contributed by atoms with Gasteiger partial charge in [-0.25, -0.2) is 0 Å². The number of aromatic amines is 1. The molecule has 0 spiro atoms. The SMILES string of the molecule is O=C(OCC1CCN(Cc2ccccc2)CC1)C(c1ccccc1)c1cccc(OCC(=O)N2CCC(CCNC[C@H](O)c3ccc(O)c4[nH]c(=O)ccc34)CC2)c1. The molecule has 2 atom stereocenters. The van der Waals surface area contributed by atoms with E-state index in [2.05, 4.69) is 39.5 Å². The Morgan fingerprint density at radius 2 is 1.52 bits per heavy atom. The average molecular weight is 787 g/mol. The highest BCUT2D eigenvalue weighted by Crippen LogP contribution is 2.31. The van der Waals surface area contributed by atoms with Gasteiger partial charge in [-0.3, -0.25) is 19.3 Å². The lowest BCUT2D eigenvalue weighted by Crippen LogP contribution is -2.41. The maximum Gasteiger partial charge on any atom is 0.317 e. The van der Waals surface area contributed by atoms with Crippen molar-refractivity contribution in [3.05, 3.63) is 142 Å². The number of piperidine rings is 2. The predicted octanol–water partition coefficient (Wildman–Crippen LogP) is 6.15. The van der Waals surface area contributed by atoms with Gasteiger partial charge < -0.3 is 34.9 Å². The molecule has 4 aromatic carbocycles. The Balaban J connectivity index is 0.848. The number of rotatable bonds is 16. The molecule has 2 saturated heterocycles. The van der Waals surface area contributed by atoms with E-state index in [1.807, 2.05) is 65.6 Å². The largest absolute Gasteiger partial charge is 0.506 e. The zero-order chi connectivity index (χ0) is 40.3. The number of aliphatic hydroxyl groups is 1. The summed E-state index contributed by atoms with van der Waals surface area (Å²) >= 11 is 0. The fourth-order valence-corrected chi connectivity index (χ4v) is 8.24. The third-order valence-electron chi connectivity index (χ3n) is 11.6. The second kappa shape index (κ2) is 19.8. The number of fused-ring (bicyclic) bond motifs is 1. The summed E-state index contributed by atoms with van der Waals surface area (Å²) in [7, 11) is 0. The van der Waals surface area contributed by atoms with Crippen molar-refractivity contribution < 1.29 is 29.3 Å². The number of nitrogens with one attached hydrogen (secondary N) is 2. The summed E-state index contributed by atoms with van der Waals surface area (Å²) in [4.78, 5) is 45.7. The molecule has 3 heterocycles. The van der Waals surface area contributed by atoms with Crippen molar-refractivity contribution in [1.29, 1.82) is 0 Å². The number of pyridine rings is 1. The van der Waals surface area contributed by atoms with Crippen molar-refractivity contribution in [2.45, 2.75) is 50.7 Å². The van der Waals surface area contributed by atoms with Crippen LogP contribution in [-0.2, 0) is 20.9 Å². The van der Waals surface area contributed by atoms with Gasteiger partial charge in [-0.1, -0.05) is 78.9 Å². The first-order valence-electron chi connectivity index (χ1n) is 20.5. The Morgan fingerprint density at radius 1 is 0.810 bits per heavy atom. The van der Waals surface area contributed by atoms with Crippen LogP contribution in [0, 0.1) is 11.8 Å². The van der Waals surface area contributed by atoms with Crippen molar-refractivity contribution >= 4 is 22.8 Å². The van der Waals surface area contributed by atoms with Crippen LogP contribution < -0.4 is 15.6 Å². The molecule has 4 N–H and O–H groups in total. The van der Waals surface area contributed by atoms with E-state index >= 15 is 0 Å². The fraction of sp³-hybridized carbons (Fsp3) is 0.383. The monoisotopic (exact) mass is 786 g/mol. The van der Waals surface area contributed by atoms with Gasteiger partial charge in [0.05, 0.1) is 18.2 Å². The van der Waals surface area contributed by atoms with Crippen LogP contribution in [0.1, 0.15) is 66.4 Å². The summed E-state index contributed by atoms with van der Waals surface area (Å²) in [6.07, 6.45) is 3.85. The smallest absolute Gasteiger partial charge is 0.317 e. The molecule has 7 rings (SSSR count). The number of aromatic nitrogens is 1. The van der Waals surface area contributed by atoms with Gasteiger partial charge in [-0.05, 0) is 110 Å². The summed E-state index contributed by atoms with van der Waals surface area (Å²) in [6.45, 7) is 5.56. The highest BCUT2D eigenvalue weighted by molar-refractivity contribution is 5.87. The Labute approximate surface area is 339 Å². The molecule has 11 nitrogen and oxygen atoms in total. The zero-order valence-electron chi connectivity index (χ0n) is 32.9. The van der Waals surface area contributed by atoms with E-state index in [-0.39, 0.29) is 29.8 Å². The molecule has 0 radical (unpaired) electrons. The minimum absolute atomic E-state index is 0.0367. The molecule has 0 bridgehead atoms. The highest BCUT2D eigenvalue weighted by atomic mass is 16.5. The number of H-pyrrole nitrogens is 1. The van der Waals surface area contributed by atoms with Gasteiger partial charge in [0.1, 0.15) is 17.4 Å². The van der Waals surface area contributed by atoms with E-state index in [0.717, 1.165) is 62.9 Å². The van der Waals surface area contributed by atoms with Crippen molar-refractivity contribution in [2.75, 3.05) is 52.5 Å². The number of carbonyl (C=O) groups excluding carboxylic acids is 2. The number of hydrogen-bond acceptors (Lipinski definition) is 9. The summed E-state index contributed by atoms with van der Waals surface area (Å²) < 4.78 is 12.0. The van der Waals surface area contributed by atoms with Gasteiger partial charge in [0.2, 0.25) is 5.56 Å². The summed E-state index contributed by atoms with van der Waals surface area (Å²) in [5, 5.41) is 24.9. The summed E-state index contributed by atoms with van der Waals surface area (Å²) in [5.74, 6) is 0.296. The molecule has 0 aliphatic carbocycles. The number of benzene rings is 4. The van der Waals surface area contributed by atoms with Crippen LogP contribution in [0.5, 0.6) is 11.5 Å². The minimum atomic E-state index is -0.809. The Morgan fingerprint density at radius 3 is 2.28 bits per heavy atom. The van der Waals surface area contributed by atoms with E-state index in [4.69, 9.17) is 9.47 Å². The maximum absolute atomic E-state index is 13.8. The number of nitrogens with zero attached hydrogens (tertiary/aromatic N) is 2. The molecule has 2 aliphatic heterocycles. The molecular weight excluding hydrogens is 733 g/mol. The third-order valence-corrected chi connectivity index (χ3v) is 11.6. The quantitative estimate of drug-likeness (QED) is 0.0684. The number of carbonyl (C=O) groups is 2. The number of esters is 1. The molecule has 2 fully saturated rings. The number of aliphatic hydroxyl groups excluding tert-OH is 1. The molecule has 1 aromatic heterocycles. The van der Waals surface area contributed by atoms with Crippen molar-refractivity contribution in [2.24, 2.45) is 11.8 Å². The van der Waals surface area contributed by atoms with Crippen LogP contribution in [0.2, 0.25) is 0 Å². The molecule has 11 heteroatoms. The van der Waals surface area contributed by atoms with Crippen LogP contribution in [0.3, 0.4) is 0 Å². The van der Waals surface area contributed by atoms with Crippen LogP contribution in [-0.4, -0.2) is 89.4 Å². The van der Waals surface area contributed by atoms with Crippen LogP contribution in [0.15, 0.2) is 114 Å². The Bertz CT molecular complexity index is 2160. The van der Waals surface area contributed by atoms with Crippen molar-refractivity contribution in [1.82, 2.24) is 20.1 Å². The third kappa shape index (κ3) is 10.7. The summed E-state index contributed by atoms with van der Waals surface area (Å²) in [5.41, 5.74) is 3.55. The lowest BCUT2D eigenvalue weighted by atomic mass is 9.91. The molecule has 5 aromatic rings. The van der Waals surface area contributed by atoms with Crippen LogP contribution >= 0.6 is 0 Å². The zero-order valence-corrected chi connectivity index (χ0v) is 32.9. The van der Waals surface area contributed by atoms with Gasteiger partial charge >= 0.3 is 5.97 Å². The summed E-state index contributed by atoms with van der Waals surface area (Å²) in [6, 6.07) is 33.8. The molecule has 1 amide bonds. The van der Waals surface area contributed by atoms with Crippen molar-refractivity contribution in [3.8, 4) is 11.5 Å². The first kappa shape index (κ1) is 40.7. The second-order valence-electron chi connectivity index (χ2n) is 15.7. The first-order valence-corrected chi connectivity index (χ1v) is 20.5. The molecule has 1 unspecified atom stereocenters. The number of amides is 1. The minimum Gasteiger partial charge on any atom is -0.506 e. The van der Waals surface area contributed by atoms with Gasteiger partial charge in [0.25, 0.3) is 5.91 Å². The normalized spacial score (nSPS) is 16.5. The van der Waals surface area contributed by atoms with E-state index < -0.39 is 12.0 Å². The number of phenolic OH excluding ortho intramolecular Hbond substituents is 1. The Kier molecular flexibility index (Phi) is 13.9. The molecule has 0 saturated carbocycles.